The van der Waals surface area contributed by atoms with Gasteiger partial charge in [-0.2, -0.15) is 4.31 Å². The number of amides is 1. The second-order valence-corrected chi connectivity index (χ2v) is 8.79. The van der Waals surface area contributed by atoms with Crippen LogP contribution in [0.5, 0.6) is 0 Å². The lowest BCUT2D eigenvalue weighted by atomic mass is 10.1. The maximum atomic E-state index is 13.5. The number of hydrogen-bond acceptors (Lipinski definition) is 5. The van der Waals surface area contributed by atoms with E-state index in [1.165, 1.54) is 12.1 Å². The fraction of sp³-hybridized carbons (Fsp3) is 0.0952. The summed E-state index contributed by atoms with van der Waals surface area (Å²) in [6.07, 6.45) is 0. The van der Waals surface area contributed by atoms with Crippen LogP contribution >= 0.6 is 11.6 Å². The quantitative estimate of drug-likeness (QED) is 0.411. The summed E-state index contributed by atoms with van der Waals surface area (Å²) in [5.74, 6) is -0.910. The van der Waals surface area contributed by atoms with E-state index in [9.17, 15) is 23.3 Å². The van der Waals surface area contributed by atoms with Gasteiger partial charge in [0.25, 0.3) is 21.6 Å². The van der Waals surface area contributed by atoms with Crippen molar-refractivity contribution in [3.8, 4) is 0 Å². The molecule has 0 saturated carbocycles. The summed E-state index contributed by atoms with van der Waals surface area (Å²) in [4.78, 5) is 23.7. The van der Waals surface area contributed by atoms with Gasteiger partial charge in [-0.25, -0.2) is 8.42 Å². The average molecular weight is 445 g/mol. The van der Waals surface area contributed by atoms with E-state index < -0.39 is 20.9 Å². The lowest BCUT2D eigenvalue weighted by molar-refractivity contribution is -0.384. The zero-order chi connectivity index (χ0) is 22.1. The molecule has 0 radical (unpaired) electrons. The summed E-state index contributed by atoms with van der Waals surface area (Å²) in [6, 6.07) is 15.9. The number of anilines is 1. The van der Waals surface area contributed by atoms with Crippen LogP contribution in [0.15, 0.2) is 71.6 Å². The van der Waals surface area contributed by atoms with Crippen molar-refractivity contribution in [2.24, 2.45) is 0 Å². The van der Waals surface area contributed by atoms with Crippen LogP contribution in [0.2, 0.25) is 5.02 Å². The molecule has 0 atom stereocenters. The SMILES string of the molecule is Cc1ccc(C)c(N(C(=O)c2ccc([N+](=O)[O-])cc2Cl)S(=O)(=O)c2ccccc2)c1. The first-order chi connectivity index (χ1) is 14.1. The number of rotatable bonds is 5. The smallest absolute Gasteiger partial charge is 0.268 e. The number of sulfonamides is 1. The summed E-state index contributed by atoms with van der Waals surface area (Å²) in [6.45, 7) is 3.46. The van der Waals surface area contributed by atoms with Crippen LogP contribution < -0.4 is 4.31 Å². The van der Waals surface area contributed by atoms with Crippen molar-refractivity contribution in [1.82, 2.24) is 0 Å². The predicted octanol–water partition coefficient (Wildman–Crippen LogP) is 4.90. The highest BCUT2D eigenvalue weighted by Gasteiger charge is 2.34. The first-order valence-corrected chi connectivity index (χ1v) is 10.6. The van der Waals surface area contributed by atoms with Crippen molar-refractivity contribution < 1.29 is 18.1 Å². The molecular formula is C21H17ClN2O5S. The van der Waals surface area contributed by atoms with Gasteiger partial charge in [-0.1, -0.05) is 41.9 Å². The van der Waals surface area contributed by atoms with E-state index in [0.29, 0.717) is 9.87 Å². The van der Waals surface area contributed by atoms with E-state index in [0.717, 1.165) is 23.8 Å². The molecule has 0 N–H and O–H groups in total. The summed E-state index contributed by atoms with van der Waals surface area (Å²) in [7, 11) is -4.29. The Bertz CT molecular complexity index is 1240. The van der Waals surface area contributed by atoms with Gasteiger partial charge in [-0.05, 0) is 49.2 Å². The Hall–Kier alpha value is -3.23. The molecule has 1 amide bonds. The first kappa shape index (κ1) is 21.5. The van der Waals surface area contributed by atoms with Gasteiger partial charge in [0, 0.05) is 12.1 Å². The molecule has 3 rings (SSSR count). The maximum absolute atomic E-state index is 13.5. The van der Waals surface area contributed by atoms with Crippen molar-refractivity contribution in [2.75, 3.05) is 4.31 Å². The highest BCUT2D eigenvalue weighted by molar-refractivity contribution is 7.93. The number of non-ortho nitro benzene ring substituents is 1. The number of hydrogen-bond donors (Lipinski definition) is 0. The third-order valence-corrected chi connectivity index (χ3v) is 6.47. The Morgan fingerprint density at radius 2 is 1.67 bits per heavy atom. The van der Waals surface area contributed by atoms with Gasteiger partial charge in [0.2, 0.25) is 0 Å². The Morgan fingerprint density at radius 1 is 1.00 bits per heavy atom. The molecule has 0 aromatic heterocycles. The van der Waals surface area contributed by atoms with Crippen molar-refractivity contribution in [1.29, 1.82) is 0 Å². The van der Waals surface area contributed by atoms with Crippen LogP contribution in [-0.2, 0) is 10.0 Å². The number of carbonyl (C=O) groups is 1. The molecule has 0 bridgehead atoms. The second kappa shape index (κ2) is 8.25. The van der Waals surface area contributed by atoms with E-state index >= 15 is 0 Å². The number of nitro groups is 1. The zero-order valence-corrected chi connectivity index (χ0v) is 17.6. The van der Waals surface area contributed by atoms with E-state index in [1.54, 1.807) is 50.2 Å². The molecule has 30 heavy (non-hydrogen) atoms. The van der Waals surface area contributed by atoms with E-state index in [1.807, 2.05) is 0 Å². The summed E-state index contributed by atoms with van der Waals surface area (Å²) in [5.41, 5.74) is 1.03. The van der Waals surface area contributed by atoms with E-state index in [2.05, 4.69) is 0 Å². The van der Waals surface area contributed by atoms with Crippen LogP contribution in [0.1, 0.15) is 21.5 Å². The second-order valence-electron chi connectivity index (χ2n) is 6.60. The lowest BCUT2D eigenvalue weighted by Crippen LogP contribution is -2.37. The lowest BCUT2D eigenvalue weighted by Gasteiger charge is -2.25. The molecule has 0 unspecified atom stereocenters. The summed E-state index contributed by atoms with van der Waals surface area (Å²) < 4.78 is 27.6. The van der Waals surface area contributed by atoms with Gasteiger partial charge in [0.1, 0.15) is 0 Å². The molecule has 0 saturated heterocycles. The molecule has 7 nitrogen and oxygen atoms in total. The summed E-state index contributed by atoms with van der Waals surface area (Å²) in [5, 5.41) is 10.8. The van der Waals surface area contributed by atoms with Crippen LogP contribution in [0.25, 0.3) is 0 Å². The monoisotopic (exact) mass is 444 g/mol. The normalized spacial score (nSPS) is 11.2. The third kappa shape index (κ3) is 4.05. The molecule has 0 aliphatic rings. The minimum Gasteiger partial charge on any atom is -0.268 e. The van der Waals surface area contributed by atoms with E-state index in [-0.39, 0.29) is 26.9 Å². The van der Waals surface area contributed by atoms with E-state index in [4.69, 9.17) is 11.6 Å². The molecule has 0 heterocycles. The molecule has 0 fully saturated rings. The third-order valence-electron chi connectivity index (χ3n) is 4.44. The number of benzene rings is 3. The Morgan fingerprint density at radius 3 is 2.27 bits per heavy atom. The van der Waals surface area contributed by atoms with Gasteiger partial charge in [-0.15, -0.1) is 0 Å². The fourth-order valence-electron chi connectivity index (χ4n) is 2.88. The van der Waals surface area contributed by atoms with Crippen LogP contribution in [-0.4, -0.2) is 19.2 Å². The van der Waals surface area contributed by atoms with Crippen LogP contribution in [0.4, 0.5) is 11.4 Å². The van der Waals surface area contributed by atoms with Crippen molar-refractivity contribution in [2.45, 2.75) is 18.7 Å². The first-order valence-electron chi connectivity index (χ1n) is 8.79. The van der Waals surface area contributed by atoms with Crippen LogP contribution in [0, 0.1) is 24.0 Å². The van der Waals surface area contributed by atoms with Gasteiger partial charge in [0.05, 0.1) is 26.1 Å². The average Bonchev–Trinajstić information content (AvgIpc) is 2.71. The zero-order valence-electron chi connectivity index (χ0n) is 16.1. The Labute approximate surface area is 178 Å². The number of carbonyl (C=O) groups excluding carboxylic acids is 1. The Kier molecular flexibility index (Phi) is 5.91. The molecule has 3 aromatic rings. The minimum absolute atomic E-state index is 0.0720. The number of nitro benzene ring substituents is 1. The molecule has 3 aromatic carbocycles. The van der Waals surface area contributed by atoms with Gasteiger partial charge in [-0.3, -0.25) is 14.9 Å². The largest absolute Gasteiger partial charge is 0.273 e. The van der Waals surface area contributed by atoms with Crippen molar-refractivity contribution in [3.05, 3.63) is 98.6 Å². The van der Waals surface area contributed by atoms with Gasteiger partial charge in [0.15, 0.2) is 0 Å². The molecule has 154 valence electrons. The number of halogens is 1. The molecule has 0 spiro atoms. The highest BCUT2D eigenvalue weighted by Crippen LogP contribution is 2.32. The topological polar surface area (TPSA) is 97.6 Å². The highest BCUT2D eigenvalue weighted by atomic mass is 35.5. The molecule has 0 aliphatic carbocycles. The maximum Gasteiger partial charge on any atom is 0.273 e. The standard InChI is InChI=1S/C21H17ClN2O5S/c1-14-8-9-15(2)20(12-14)23(30(28,29)17-6-4-3-5-7-17)21(25)18-11-10-16(24(26)27)13-19(18)22/h3-13H,1-2H3. The Balaban J connectivity index is 2.24. The fourth-order valence-corrected chi connectivity index (χ4v) is 4.62. The summed E-state index contributed by atoms with van der Waals surface area (Å²) >= 11 is 6.12. The van der Waals surface area contributed by atoms with Gasteiger partial charge < -0.3 is 0 Å². The minimum atomic E-state index is -4.29. The molecule has 0 aliphatic heterocycles. The number of aryl methyl sites for hydroxylation is 2. The van der Waals surface area contributed by atoms with Gasteiger partial charge >= 0.3 is 0 Å². The predicted molar refractivity (Wildman–Crippen MR) is 114 cm³/mol. The van der Waals surface area contributed by atoms with Crippen LogP contribution in [0.3, 0.4) is 0 Å². The molecular weight excluding hydrogens is 428 g/mol. The van der Waals surface area contributed by atoms with Crippen molar-refractivity contribution in [3.63, 3.8) is 0 Å². The number of nitrogens with zero attached hydrogens (tertiary/aromatic N) is 2. The van der Waals surface area contributed by atoms with Crippen molar-refractivity contribution >= 4 is 38.9 Å². The molecule has 9 heteroatoms.